The van der Waals surface area contributed by atoms with Crippen molar-refractivity contribution in [3.63, 3.8) is 0 Å². The Bertz CT molecular complexity index is 321. The van der Waals surface area contributed by atoms with Crippen LogP contribution in [0.3, 0.4) is 0 Å². The Morgan fingerprint density at radius 1 is 1.56 bits per heavy atom. The van der Waals surface area contributed by atoms with E-state index in [-0.39, 0.29) is 0 Å². The fraction of sp³-hybridized carbons (Fsp3) is 0.750. The van der Waals surface area contributed by atoms with E-state index in [1.807, 2.05) is 6.20 Å². The van der Waals surface area contributed by atoms with Crippen LogP contribution in [-0.2, 0) is 12.8 Å². The van der Waals surface area contributed by atoms with E-state index in [2.05, 4.69) is 34.2 Å². The van der Waals surface area contributed by atoms with Crippen molar-refractivity contribution >= 4 is 0 Å². The Balaban J connectivity index is 1.91. The maximum atomic E-state index is 4.45. The molecule has 0 saturated carbocycles. The summed E-state index contributed by atoms with van der Waals surface area (Å²) < 4.78 is 0. The highest BCUT2D eigenvalue weighted by Crippen LogP contribution is 2.08. The minimum atomic E-state index is 0.578. The molecule has 1 fully saturated rings. The molecule has 1 aromatic heterocycles. The van der Waals surface area contributed by atoms with Crippen LogP contribution in [0.5, 0.6) is 0 Å². The number of H-pyrrole nitrogens is 1. The molecule has 2 rings (SSSR count). The molecule has 0 aliphatic carbocycles. The van der Waals surface area contributed by atoms with E-state index in [1.165, 1.54) is 12.1 Å². The molecule has 1 atom stereocenters. The average Bonchev–Trinajstić information content (AvgIpc) is 2.70. The zero-order chi connectivity index (χ0) is 11.4. The highest BCUT2D eigenvalue weighted by atomic mass is 15.2. The largest absolute Gasteiger partial charge is 0.346 e. The number of piperazine rings is 1. The summed E-state index contributed by atoms with van der Waals surface area (Å²) in [7, 11) is 2.20. The van der Waals surface area contributed by atoms with Gasteiger partial charge in [0.15, 0.2) is 0 Å². The van der Waals surface area contributed by atoms with Gasteiger partial charge < -0.3 is 15.2 Å². The molecule has 90 valence electrons. The van der Waals surface area contributed by atoms with Gasteiger partial charge in [-0.15, -0.1) is 0 Å². The van der Waals surface area contributed by atoms with Crippen LogP contribution in [0, 0.1) is 0 Å². The Morgan fingerprint density at radius 3 is 3.19 bits per heavy atom. The zero-order valence-corrected chi connectivity index (χ0v) is 10.3. The quantitative estimate of drug-likeness (QED) is 0.792. The van der Waals surface area contributed by atoms with E-state index >= 15 is 0 Å². The summed E-state index contributed by atoms with van der Waals surface area (Å²) in [4.78, 5) is 10.3. The van der Waals surface area contributed by atoms with Gasteiger partial charge in [-0.3, -0.25) is 0 Å². The number of aromatic nitrogens is 2. The first kappa shape index (κ1) is 11.6. The van der Waals surface area contributed by atoms with Crippen molar-refractivity contribution in [1.82, 2.24) is 20.2 Å². The van der Waals surface area contributed by atoms with E-state index < -0.39 is 0 Å². The summed E-state index contributed by atoms with van der Waals surface area (Å²) >= 11 is 0. The molecular weight excluding hydrogens is 200 g/mol. The van der Waals surface area contributed by atoms with Crippen molar-refractivity contribution in [1.29, 1.82) is 0 Å². The summed E-state index contributed by atoms with van der Waals surface area (Å²) in [5.74, 6) is 1.13. The molecule has 0 spiro atoms. The van der Waals surface area contributed by atoms with Gasteiger partial charge in [0, 0.05) is 44.0 Å². The van der Waals surface area contributed by atoms with Crippen molar-refractivity contribution < 1.29 is 0 Å². The summed E-state index contributed by atoms with van der Waals surface area (Å²) in [6.07, 6.45) is 5.28. The Labute approximate surface area is 97.4 Å². The predicted octanol–water partition coefficient (Wildman–Crippen LogP) is 0.808. The molecule has 0 amide bonds. The maximum Gasteiger partial charge on any atom is 0.107 e. The molecular formula is C12H22N4. The smallest absolute Gasteiger partial charge is 0.107 e. The summed E-state index contributed by atoms with van der Waals surface area (Å²) in [6, 6.07) is 0.578. The van der Waals surface area contributed by atoms with E-state index in [1.54, 1.807) is 0 Å². The molecule has 2 N–H and O–H groups in total. The topological polar surface area (TPSA) is 44.0 Å². The van der Waals surface area contributed by atoms with E-state index in [4.69, 9.17) is 0 Å². The third kappa shape index (κ3) is 2.83. The average molecular weight is 222 g/mol. The number of likely N-dealkylation sites (N-methyl/N-ethyl adjacent to an activating group) is 1. The minimum Gasteiger partial charge on any atom is -0.346 e. The number of hydrogen-bond donors (Lipinski definition) is 2. The van der Waals surface area contributed by atoms with Crippen molar-refractivity contribution in [2.75, 3.05) is 26.7 Å². The maximum absolute atomic E-state index is 4.45. The summed E-state index contributed by atoms with van der Waals surface area (Å²) in [5.41, 5.74) is 1.27. The second-order valence-corrected chi connectivity index (χ2v) is 4.65. The molecule has 0 aromatic carbocycles. The van der Waals surface area contributed by atoms with E-state index in [0.29, 0.717) is 6.04 Å². The van der Waals surface area contributed by atoms with Crippen molar-refractivity contribution in [3.05, 3.63) is 17.7 Å². The molecule has 4 heteroatoms. The van der Waals surface area contributed by atoms with Crippen LogP contribution in [0.25, 0.3) is 0 Å². The van der Waals surface area contributed by atoms with Gasteiger partial charge in [0.25, 0.3) is 0 Å². The summed E-state index contributed by atoms with van der Waals surface area (Å²) in [6.45, 7) is 5.50. The second-order valence-electron chi connectivity index (χ2n) is 4.65. The van der Waals surface area contributed by atoms with Gasteiger partial charge in [0.1, 0.15) is 5.82 Å². The number of imidazole rings is 1. The van der Waals surface area contributed by atoms with Crippen LogP contribution < -0.4 is 5.32 Å². The first-order chi connectivity index (χ1) is 7.79. The van der Waals surface area contributed by atoms with Gasteiger partial charge >= 0.3 is 0 Å². The third-order valence-corrected chi connectivity index (χ3v) is 3.27. The monoisotopic (exact) mass is 222 g/mol. The van der Waals surface area contributed by atoms with Gasteiger partial charge in [-0.25, -0.2) is 4.98 Å². The SMILES string of the molecule is CCCc1cnc(CC2CNCCN2C)[nH]1. The Hall–Kier alpha value is -0.870. The Morgan fingerprint density at radius 2 is 2.44 bits per heavy atom. The third-order valence-electron chi connectivity index (χ3n) is 3.27. The van der Waals surface area contributed by atoms with Crippen molar-refractivity contribution in [2.24, 2.45) is 0 Å². The summed E-state index contributed by atoms with van der Waals surface area (Å²) in [5, 5.41) is 3.43. The lowest BCUT2D eigenvalue weighted by atomic mass is 10.1. The molecule has 1 aromatic rings. The second kappa shape index (κ2) is 5.46. The van der Waals surface area contributed by atoms with Crippen molar-refractivity contribution in [3.8, 4) is 0 Å². The first-order valence-electron chi connectivity index (χ1n) is 6.23. The molecule has 1 saturated heterocycles. The van der Waals surface area contributed by atoms with Crippen molar-refractivity contribution in [2.45, 2.75) is 32.2 Å². The number of nitrogens with zero attached hydrogens (tertiary/aromatic N) is 2. The number of rotatable bonds is 4. The standard InChI is InChI=1S/C12H22N4/c1-3-4-10-8-14-12(15-10)7-11-9-13-5-6-16(11)2/h8,11,13H,3-7,9H2,1-2H3,(H,14,15). The van der Waals surface area contributed by atoms with Gasteiger partial charge in [-0.2, -0.15) is 0 Å². The highest BCUT2D eigenvalue weighted by Gasteiger charge is 2.19. The molecule has 0 bridgehead atoms. The predicted molar refractivity (Wildman–Crippen MR) is 65.6 cm³/mol. The lowest BCUT2D eigenvalue weighted by Crippen LogP contribution is -2.50. The van der Waals surface area contributed by atoms with Crippen LogP contribution in [0.4, 0.5) is 0 Å². The van der Waals surface area contributed by atoms with Crippen LogP contribution in [0.2, 0.25) is 0 Å². The number of aromatic amines is 1. The fourth-order valence-electron chi connectivity index (χ4n) is 2.22. The number of aryl methyl sites for hydroxylation is 1. The lowest BCUT2D eigenvalue weighted by Gasteiger charge is -2.32. The molecule has 1 unspecified atom stereocenters. The van der Waals surface area contributed by atoms with Gasteiger partial charge in [0.05, 0.1) is 0 Å². The molecule has 4 nitrogen and oxygen atoms in total. The highest BCUT2D eigenvalue weighted by molar-refractivity contribution is 5.03. The van der Waals surface area contributed by atoms with E-state index in [9.17, 15) is 0 Å². The van der Waals surface area contributed by atoms with Gasteiger partial charge in [-0.1, -0.05) is 13.3 Å². The van der Waals surface area contributed by atoms with Crippen LogP contribution in [0.1, 0.15) is 24.9 Å². The van der Waals surface area contributed by atoms with E-state index in [0.717, 1.165) is 38.3 Å². The molecule has 1 aliphatic heterocycles. The van der Waals surface area contributed by atoms with Crippen LogP contribution >= 0.6 is 0 Å². The van der Waals surface area contributed by atoms with Crippen LogP contribution in [0.15, 0.2) is 6.20 Å². The molecule has 2 heterocycles. The van der Waals surface area contributed by atoms with Crippen LogP contribution in [-0.4, -0.2) is 47.6 Å². The first-order valence-corrected chi connectivity index (χ1v) is 6.23. The molecule has 1 aliphatic rings. The molecule has 0 radical (unpaired) electrons. The Kier molecular flexibility index (Phi) is 3.96. The molecule has 16 heavy (non-hydrogen) atoms. The van der Waals surface area contributed by atoms with Gasteiger partial charge in [-0.05, 0) is 13.5 Å². The number of nitrogens with one attached hydrogen (secondary N) is 2. The minimum absolute atomic E-state index is 0.578. The fourth-order valence-corrected chi connectivity index (χ4v) is 2.22. The zero-order valence-electron chi connectivity index (χ0n) is 10.3. The van der Waals surface area contributed by atoms with Gasteiger partial charge in [0.2, 0.25) is 0 Å². The lowest BCUT2D eigenvalue weighted by molar-refractivity contribution is 0.197. The normalized spacial score (nSPS) is 22.5. The number of hydrogen-bond acceptors (Lipinski definition) is 3.